The minimum Gasteiger partial charge on any atom is -0.491 e. The van der Waals surface area contributed by atoms with E-state index in [1.54, 1.807) is 13.8 Å². The predicted octanol–water partition coefficient (Wildman–Crippen LogP) is 7.15. The SMILES string of the molecule is CCOP(=O)(OCC)[C@]1(C(c2ccc(OC(C)C)cc2)c2ccc(OC(C)C)cc2)CCCC1=O. The van der Waals surface area contributed by atoms with Crippen molar-refractivity contribution in [1.82, 2.24) is 0 Å². The molecule has 7 heteroatoms. The van der Waals surface area contributed by atoms with E-state index in [0.29, 0.717) is 19.3 Å². The molecule has 3 rings (SSSR count). The summed E-state index contributed by atoms with van der Waals surface area (Å²) in [7, 11) is -3.82. The number of hydrogen-bond acceptors (Lipinski definition) is 6. The molecule has 0 spiro atoms. The maximum absolute atomic E-state index is 14.4. The molecule has 6 nitrogen and oxygen atoms in total. The van der Waals surface area contributed by atoms with Gasteiger partial charge in [0.2, 0.25) is 0 Å². The van der Waals surface area contributed by atoms with Crippen LogP contribution in [0.25, 0.3) is 0 Å². The molecule has 0 bridgehead atoms. The Hall–Kier alpha value is -2.14. The zero-order chi connectivity index (χ0) is 25.6. The van der Waals surface area contributed by atoms with Crippen molar-refractivity contribution in [2.75, 3.05) is 13.2 Å². The molecular formula is C28H39O6P. The molecule has 2 aromatic carbocycles. The minimum absolute atomic E-state index is 0.0454. The van der Waals surface area contributed by atoms with Crippen molar-refractivity contribution in [3.63, 3.8) is 0 Å². The van der Waals surface area contributed by atoms with Crippen LogP contribution in [-0.4, -0.2) is 36.4 Å². The summed E-state index contributed by atoms with van der Waals surface area (Å²) < 4.78 is 37.9. The Kier molecular flexibility index (Phi) is 9.20. The average molecular weight is 503 g/mol. The fourth-order valence-electron chi connectivity index (χ4n) is 5.00. The third-order valence-electron chi connectivity index (χ3n) is 6.18. The predicted molar refractivity (Wildman–Crippen MR) is 139 cm³/mol. The molecule has 0 aromatic heterocycles. The lowest BCUT2D eigenvalue weighted by Crippen LogP contribution is -2.42. The molecule has 0 unspecified atom stereocenters. The van der Waals surface area contributed by atoms with Gasteiger partial charge in [-0.25, -0.2) is 0 Å². The molecular weight excluding hydrogens is 463 g/mol. The molecule has 192 valence electrons. The van der Waals surface area contributed by atoms with Crippen LogP contribution in [0.4, 0.5) is 0 Å². The molecule has 1 fully saturated rings. The summed E-state index contributed by atoms with van der Waals surface area (Å²) in [6.45, 7) is 11.9. The van der Waals surface area contributed by atoms with Gasteiger partial charge in [-0.3, -0.25) is 9.36 Å². The van der Waals surface area contributed by atoms with Crippen molar-refractivity contribution in [2.45, 2.75) is 84.1 Å². The van der Waals surface area contributed by atoms with E-state index < -0.39 is 18.7 Å². The van der Waals surface area contributed by atoms with E-state index in [-0.39, 0.29) is 31.2 Å². The van der Waals surface area contributed by atoms with Gasteiger partial charge < -0.3 is 18.5 Å². The first kappa shape index (κ1) is 27.4. The number of carbonyl (C=O) groups is 1. The van der Waals surface area contributed by atoms with Crippen molar-refractivity contribution >= 4 is 13.4 Å². The molecule has 1 saturated carbocycles. The number of benzene rings is 2. The number of rotatable bonds is 12. The molecule has 1 aliphatic carbocycles. The average Bonchev–Trinajstić information content (AvgIpc) is 3.18. The summed E-state index contributed by atoms with van der Waals surface area (Å²) >= 11 is 0. The van der Waals surface area contributed by atoms with Gasteiger partial charge in [-0.05, 0) is 89.8 Å². The number of carbonyl (C=O) groups excluding carboxylic acids is 1. The minimum atomic E-state index is -3.82. The third-order valence-corrected chi connectivity index (χ3v) is 9.08. The molecule has 1 atom stereocenters. The van der Waals surface area contributed by atoms with Crippen LogP contribution in [0.15, 0.2) is 48.5 Å². The lowest BCUT2D eigenvalue weighted by Gasteiger charge is -2.41. The van der Waals surface area contributed by atoms with Gasteiger partial charge in [0.1, 0.15) is 16.7 Å². The third kappa shape index (κ3) is 5.82. The monoisotopic (exact) mass is 502 g/mol. The molecule has 0 N–H and O–H groups in total. The molecule has 0 amide bonds. The molecule has 35 heavy (non-hydrogen) atoms. The highest BCUT2D eigenvalue weighted by atomic mass is 31.2. The Morgan fingerprint density at radius 2 is 1.23 bits per heavy atom. The molecule has 0 radical (unpaired) electrons. The lowest BCUT2D eigenvalue weighted by molar-refractivity contribution is -0.120. The number of ketones is 1. The first-order valence-electron chi connectivity index (χ1n) is 12.6. The Bertz CT molecular complexity index is 951. The molecule has 2 aromatic rings. The number of ether oxygens (including phenoxy) is 2. The summed E-state index contributed by atoms with van der Waals surface area (Å²) in [5.74, 6) is 0.904. The van der Waals surface area contributed by atoms with Gasteiger partial charge in [-0.15, -0.1) is 0 Å². The maximum Gasteiger partial charge on any atom is 0.345 e. The Morgan fingerprint density at radius 3 is 1.54 bits per heavy atom. The summed E-state index contributed by atoms with van der Waals surface area (Å²) in [6.07, 6.45) is 1.52. The van der Waals surface area contributed by atoms with Gasteiger partial charge in [0, 0.05) is 12.3 Å². The van der Waals surface area contributed by atoms with Crippen molar-refractivity contribution in [2.24, 2.45) is 0 Å². The van der Waals surface area contributed by atoms with E-state index in [1.165, 1.54) is 0 Å². The summed E-state index contributed by atoms with van der Waals surface area (Å²) in [6, 6.07) is 15.4. The highest BCUT2D eigenvalue weighted by Gasteiger charge is 2.63. The van der Waals surface area contributed by atoms with Gasteiger partial charge in [-0.2, -0.15) is 0 Å². The van der Waals surface area contributed by atoms with Gasteiger partial charge in [0.05, 0.1) is 25.4 Å². The van der Waals surface area contributed by atoms with Crippen LogP contribution in [0.2, 0.25) is 0 Å². The van der Waals surface area contributed by atoms with E-state index in [4.69, 9.17) is 18.5 Å². The summed E-state index contributed by atoms with van der Waals surface area (Å²) in [4.78, 5) is 13.7. The van der Waals surface area contributed by atoms with Crippen LogP contribution in [-0.2, 0) is 18.4 Å². The fraction of sp³-hybridized carbons (Fsp3) is 0.536. The normalized spacial score (nSPS) is 18.6. The van der Waals surface area contributed by atoms with E-state index in [0.717, 1.165) is 22.6 Å². The quantitative estimate of drug-likeness (QED) is 0.287. The van der Waals surface area contributed by atoms with E-state index in [1.807, 2.05) is 76.2 Å². The second kappa shape index (κ2) is 11.7. The van der Waals surface area contributed by atoms with E-state index in [2.05, 4.69) is 0 Å². The summed E-state index contributed by atoms with van der Waals surface area (Å²) in [5, 5.41) is -1.31. The second-order valence-corrected chi connectivity index (χ2v) is 11.7. The second-order valence-electron chi connectivity index (χ2n) is 9.44. The van der Waals surface area contributed by atoms with Crippen LogP contribution < -0.4 is 9.47 Å². The highest BCUT2D eigenvalue weighted by molar-refractivity contribution is 7.57. The Labute approximate surface area is 209 Å². The van der Waals surface area contributed by atoms with Crippen molar-refractivity contribution in [3.05, 3.63) is 59.7 Å². The van der Waals surface area contributed by atoms with Crippen molar-refractivity contribution in [3.8, 4) is 11.5 Å². The van der Waals surface area contributed by atoms with Gasteiger partial charge in [-0.1, -0.05) is 24.3 Å². The first-order chi connectivity index (χ1) is 16.7. The zero-order valence-corrected chi connectivity index (χ0v) is 22.7. The standard InChI is InChI=1S/C28H39O6P/c1-7-31-35(30,32-8-2)28(19-9-10-26(28)29)27(22-11-15-24(16-12-22)33-20(3)4)23-13-17-25(18-14-23)34-21(5)6/h11-18,20-21,27H,7-10,19H2,1-6H3/t28-/m1/s1. The highest BCUT2D eigenvalue weighted by Crippen LogP contribution is 2.70. The number of Topliss-reactive ketones (excluding diaryl/α,β-unsaturated/α-hetero) is 1. The molecule has 0 heterocycles. The van der Waals surface area contributed by atoms with Crippen LogP contribution in [0.1, 0.15) is 77.8 Å². The van der Waals surface area contributed by atoms with E-state index >= 15 is 0 Å². The molecule has 0 aliphatic heterocycles. The lowest BCUT2D eigenvalue weighted by atomic mass is 9.78. The van der Waals surface area contributed by atoms with Crippen molar-refractivity contribution in [1.29, 1.82) is 0 Å². The van der Waals surface area contributed by atoms with Crippen LogP contribution in [0.3, 0.4) is 0 Å². The smallest absolute Gasteiger partial charge is 0.345 e. The fourth-order valence-corrected chi connectivity index (χ4v) is 7.68. The number of hydrogen-bond donors (Lipinski definition) is 0. The molecule has 1 aliphatic rings. The zero-order valence-electron chi connectivity index (χ0n) is 21.8. The van der Waals surface area contributed by atoms with Crippen LogP contribution >= 0.6 is 7.60 Å². The van der Waals surface area contributed by atoms with E-state index in [9.17, 15) is 9.36 Å². The van der Waals surface area contributed by atoms with Crippen LogP contribution in [0.5, 0.6) is 11.5 Å². The summed E-state index contributed by atoms with van der Waals surface area (Å²) in [5.41, 5.74) is 1.74. The molecule has 0 saturated heterocycles. The maximum atomic E-state index is 14.4. The van der Waals surface area contributed by atoms with Gasteiger partial charge >= 0.3 is 7.60 Å². The van der Waals surface area contributed by atoms with Gasteiger partial charge in [0.25, 0.3) is 0 Å². The Balaban J connectivity index is 2.20. The van der Waals surface area contributed by atoms with Crippen molar-refractivity contribution < 1.29 is 27.9 Å². The first-order valence-corrected chi connectivity index (χ1v) is 14.2. The topological polar surface area (TPSA) is 71.1 Å². The largest absolute Gasteiger partial charge is 0.491 e. The Morgan fingerprint density at radius 1 is 0.800 bits per heavy atom. The van der Waals surface area contributed by atoms with Crippen LogP contribution in [0, 0.1) is 0 Å². The van der Waals surface area contributed by atoms with Gasteiger partial charge in [0.15, 0.2) is 5.78 Å².